The zero-order valence-corrected chi connectivity index (χ0v) is 11.2. The molecule has 4 nitrogen and oxygen atoms in total. The molecule has 1 aliphatic heterocycles. The maximum atomic E-state index is 5.46. The summed E-state index contributed by atoms with van der Waals surface area (Å²) < 4.78 is 10.7. The van der Waals surface area contributed by atoms with Crippen LogP contribution in [0.25, 0.3) is 5.70 Å². The number of ether oxygens (including phenoxy) is 2. The van der Waals surface area contributed by atoms with Crippen LogP contribution in [0.5, 0.6) is 11.5 Å². The number of allylic oxidation sites excluding steroid dienone is 3. The summed E-state index contributed by atoms with van der Waals surface area (Å²) in [6.07, 6.45) is 6.25. The standard InChI is InChI=1S/C15H18N2O2/c1-3-5-11(4-2)15(17-9-16)12-6-7-13-14(8-12)19-10-18-13/h3,5-9H,4,10H2,1-2H3,(H2,16,17)/b5-3-,15-11-. The van der Waals surface area contributed by atoms with Crippen LogP contribution < -0.4 is 15.2 Å². The van der Waals surface area contributed by atoms with Gasteiger partial charge in [-0.2, -0.15) is 0 Å². The lowest BCUT2D eigenvalue weighted by Gasteiger charge is -2.08. The highest BCUT2D eigenvalue weighted by Gasteiger charge is 2.15. The molecule has 0 saturated heterocycles. The van der Waals surface area contributed by atoms with Gasteiger partial charge in [0.15, 0.2) is 11.5 Å². The molecule has 2 N–H and O–H groups in total. The zero-order valence-electron chi connectivity index (χ0n) is 11.2. The van der Waals surface area contributed by atoms with Gasteiger partial charge in [-0.05, 0) is 37.1 Å². The third-order valence-electron chi connectivity index (χ3n) is 2.90. The van der Waals surface area contributed by atoms with E-state index in [9.17, 15) is 0 Å². The fourth-order valence-electron chi connectivity index (χ4n) is 2.03. The predicted molar refractivity (Wildman–Crippen MR) is 77.3 cm³/mol. The van der Waals surface area contributed by atoms with Gasteiger partial charge in [0.25, 0.3) is 0 Å². The van der Waals surface area contributed by atoms with Gasteiger partial charge < -0.3 is 15.2 Å². The van der Waals surface area contributed by atoms with Crippen molar-refractivity contribution in [3.05, 3.63) is 41.5 Å². The fraction of sp³-hybridized carbons (Fsp3) is 0.267. The molecule has 0 atom stereocenters. The van der Waals surface area contributed by atoms with Crippen molar-refractivity contribution in [1.29, 1.82) is 0 Å². The highest BCUT2D eigenvalue weighted by atomic mass is 16.7. The third kappa shape index (κ3) is 2.78. The summed E-state index contributed by atoms with van der Waals surface area (Å²) in [5.74, 6) is 1.52. The van der Waals surface area contributed by atoms with Gasteiger partial charge in [-0.3, -0.25) is 0 Å². The van der Waals surface area contributed by atoms with E-state index in [0.717, 1.165) is 34.8 Å². The average Bonchev–Trinajstić information content (AvgIpc) is 2.90. The minimum Gasteiger partial charge on any atom is -0.454 e. The van der Waals surface area contributed by atoms with Gasteiger partial charge in [-0.25, -0.2) is 4.99 Å². The molecule has 0 saturated carbocycles. The van der Waals surface area contributed by atoms with E-state index >= 15 is 0 Å². The minimum absolute atomic E-state index is 0.271. The van der Waals surface area contributed by atoms with E-state index in [0.29, 0.717) is 0 Å². The van der Waals surface area contributed by atoms with E-state index < -0.39 is 0 Å². The molecule has 0 radical (unpaired) electrons. The van der Waals surface area contributed by atoms with Crippen LogP contribution in [-0.4, -0.2) is 13.1 Å². The SMILES string of the molecule is C\C=C/C(CC)=C(\N=C/N)c1ccc2c(c1)OCO2. The van der Waals surface area contributed by atoms with E-state index in [1.807, 2.05) is 37.3 Å². The second kappa shape index (κ2) is 6.09. The van der Waals surface area contributed by atoms with Crippen LogP contribution in [0.1, 0.15) is 25.8 Å². The molecule has 0 bridgehead atoms. The van der Waals surface area contributed by atoms with Gasteiger partial charge in [-0.15, -0.1) is 0 Å². The minimum atomic E-state index is 0.271. The van der Waals surface area contributed by atoms with Gasteiger partial charge in [0.2, 0.25) is 6.79 Å². The normalized spacial score (nSPS) is 15.3. The monoisotopic (exact) mass is 258 g/mol. The number of fused-ring (bicyclic) bond motifs is 1. The molecule has 1 aliphatic rings. The lowest BCUT2D eigenvalue weighted by molar-refractivity contribution is 0.174. The van der Waals surface area contributed by atoms with Gasteiger partial charge in [-0.1, -0.05) is 19.1 Å². The Kier molecular flexibility index (Phi) is 4.23. The second-order valence-corrected chi connectivity index (χ2v) is 4.07. The van der Waals surface area contributed by atoms with Crippen molar-refractivity contribution in [2.75, 3.05) is 6.79 Å². The van der Waals surface area contributed by atoms with E-state index in [2.05, 4.69) is 11.9 Å². The molecule has 0 fully saturated rings. The highest BCUT2D eigenvalue weighted by molar-refractivity contribution is 5.77. The molecule has 0 unspecified atom stereocenters. The molecule has 1 heterocycles. The van der Waals surface area contributed by atoms with Gasteiger partial charge in [0.05, 0.1) is 12.0 Å². The van der Waals surface area contributed by atoms with E-state index in [4.69, 9.17) is 15.2 Å². The first-order valence-corrected chi connectivity index (χ1v) is 6.30. The van der Waals surface area contributed by atoms with Crippen LogP contribution in [0.4, 0.5) is 0 Å². The van der Waals surface area contributed by atoms with Crippen LogP contribution in [0.2, 0.25) is 0 Å². The first-order chi connectivity index (χ1) is 9.30. The van der Waals surface area contributed by atoms with Crippen LogP contribution in [-0.2, 0) is 0 Å². The van der Waals surface area contributed by atoms with Gasteiger partial charge in [0, 0.05) is 5.56 Å². The summed E-state index contributed by atoms with van der Waals surface area (Å²) in [5, 5.41) is 0. The van der Waals surface area contributed by atoms with Crippen molar-refractivity contribution >= 4 is 12.0 Å². The fourth-order valence-corrected chi connectivity index (χ4v) is 2.03. The van der Waals surface area contributed by atoms with Crippen molar-refractivity contribution < 1.29 is 9.47 Å². The quantitative estimate of drug-likeness (QED) is 0.513. The molecular weight excluding hydrogens is 240 g/mol. The maximum Gasteiger partial charge on any atom is 0.231 e. The Balaban J connectivity index is 2.50. The molecule has 0 aromatic heterocycles. The largest absolute Gasteiger partial charge is 0.454 e. The summed E-state index contributed by atoms with van der Waals surface area (Å²) in [7, 11) is 0. The number of nitrogens with zero attached hydrogens (tertiary/aromatic N) is 1. The summed E-state index contributed by atoms with van der Waals surface area (Å²) >= 11 is 0. The van der Waals surface area contributed by atoms with E-state index in [1.165, 1.54) is 6.34 Å². The zero-order chi connectivity index (χ0) is 13.7. The summed E-state index contributed by atoms with van der Waals surface area (Å²) in [6, 6.07) is 5.80. The summed E-state index contributed by atoms with van der Waals surface area (Å²) in [6.45, 7) is 4.35. The molecule has 1 aromatic carbocycles. The number of rotatable bonds is 4. The van der Waals surface area contributed by atoms with Crippen molar-refractivity contribution in [2.45, 2.75) is 20.3 Å². The van der Waals surface area contributed by atoms with Gasteiger partial charge in [0.1, 0.15) is 0 Å². The molecule has 0 aliphatic carbocycles. The third-order valence-corrected chi connectivity index (χ3v) is 2.90. The van der Waals surface area contributed by atoms with Crippen LogP contribution in [0.15, 0.2) is 40.9 Å². The number of aliphatic imine (C=N–C) groups is 1. The summed E-state index contributed by atoms with van der Waals surface area (Å²) in [5.41, 5.74) is 8.43. The topological polar surface area (TPSA) is 56.8 Å². The number of nitrogens with two attached hydrogens (primary N) is 1. The Morgan fingerprint density at radius 1 is 1.37 bits per heavy atom. The first-order valence-electron chi connectivity index (χ1n) is 6.30. The first kappa shape index (κ1) is 13.2. The van der Waals surface area contributed by atoms with E-state index in [1.54, 1.807) is 0 Å². The number of hydrogen-bond donors (Lipinski definition) is 1. The molecular formula is C15H18N2O2. The van der Waals surface area contributed by atoms with Crippen molar-refractivity contribution in [2.24, 2.45) is 10.7 Å². The van der Waals surface area contributed by atoms with Crippen LogP contribution in [0, 0.1) is 0 Å². The Labute approximate surface area is 113 Å². The van der Waals surface area contributed by atoms with Crippen molar-refractivity contribution in [1.82, 2.24) is 0 Å². The maximum absolute atomic E-state index is 5.46. The number of hydrogen-bond acceptors (Lipinski definition) is 3. The van der Waals surface area contributed by atoms with Crippen LogP contribution >= 0.6 is 0 Å². The highest BCUT2D eigenvalue weighted by Crippen LogP contribution is 2.35. The van der Waals surface area contributed by atoms with Crippen molar-refractivity contribution in [3.63, 3.8) is 0 Å². The Morgan fingerprint density at radius 2 is 2.16 bits per heavy atom. The Hall–Kier alpha value is -2.23. The molecule has 2 rings (SSSR count). The Morgan fingerprint density at radius 3 is 2.84 bits per heavy atom. The van der Waals surface area contributed by atoms with Crippen molar-refractivity contribution in [3.8, 4) is 11.5 Å². The molecule has 4 heteroatoms. The Bertz CT molecular complexity index is 545. The van der Waals surface area contributed by atoms with Gasteiger partial charge >= 0.3 is 0 Å². The second-order valence-electron chi connectivity index (χ2n) is 4.07. The predicted octanol–water partition coefficient (Wildman–Crippen LogP) is 3.10. The smallest absolute Gasteiger partial charge is 0.231 e. The number of benzene rings is 1. The summed E-state index contributed by atoms with van der Waals surface area (Å²) in [4.78, 5) is 4.29. The molecule has 1 aromatic rings. The molecule has 0 amide bonds. The molecule has 0 spiro atoms. The molecule has 100 valence electrons. The lowest BCUT2D eigenvalue weighted by atomic mass is 10.0. The lowest BCUT2D eigenvalue weighted by Crippen LogP contribution is -1.94. The van der Waals surface area contributed by atoms with E-state index in [-0.39, 0.29) is 6.79 Å². The molecule has 19 heavy (non-hydrogen) atoms. The van der Waals surface area contributed by atoms with Crippen LogP contribution in [0.3, 0.4) is 0 Å². The average molecular weight is 258 g/mol.